The fourth-order valence-corrected chi connectivity index (χ4v) is 1.97. The van der Waals surface area contributed by atoms with E-state index >= 15 is 0 Å². The molecule has 16 heavy (non-hydrogen) atoms. The Morgan fingerprint density at radius 1 is 1.06 bits per heavy atom. The van der Waals surface area contributed by atoms with Gasteiger partial charge in [-0.1, -0.05) is 26.3 Å². The maximum absolute atomic E-state index is 5.53. The monoisotopic (exact) mass is 222 g/mol. The van der Waals surface area contributed by atoms with Gasteiger partial charge in [0.05, 0.1) is 14.2 Å². The summed E-state index contributed by atoms with van der Waals surface area (Å²) >= 11 is 0. The molecule has 0 saturated heterocycles. The van der Waals surface area contributed by atoms with Crippen LogP contribution in [-0.2, 0) is 12.8 Å². The van der Waals surface area contributed by atoms with Crippen LogP contribution >= 0.6 is 0 Å². The summed E-state index contributed by atoms with van der Waals surface area (Å²) in [6.07, 6.45) is 4.37. The molecule has 0 heterocycles. The van der Waals surface area contributed by atoms with Crippen LogP contribution in [0.25, 0.3) is 0 Å². The second-order valence-electron chi connectivity index (χ2n) is 3.90. The van der Waals surface area contributed by atoms with Crippen LogP contribution in [0, 0.1) is 0 Å². The van der Waals surface area contributed by atoms with E-state index in [1.165, 1.54) is 24.0 Å². The average molecular weight is 222 g/mol. The van der Waals surface area contributed by atoms with E-state index in [1.807, 2.05) is 6.07 Å². The number of hydrogen-bond donors (Lipinski definition) is 0. The Kier molecular flexibility index (Phi) is 5.17. The van der Waals surface area contributed by atoms with Crippen molar-refractivity contribution in [3.05, 3.63) is 23.3 Å². The summed E-state index contributed by atoms with van der Waals surface area (Å²) in [5.41, 5.74) is 2.47. The summed E-state index contributed by atoms with van der Waals surface area (Å²) < 4.78 is 10.9. The topological polar surface area (TPSA) is 18.5 Å². The summed E-state index contributed by atoms with van der Waals surface area (Å²) in [4.78, 5) is 0. The Hall–Kier alpha value is -1.18. The molecule has 2 heteroatoms. The molecule has 0 aromatic heterocycles. The second kappa shape index (κ2) is 6.41. The van der Waals surface area contributed by atoms with Gasteiger partial charge in [-0.25, -0.2) is 0 Å². The Bertz CT molecular complexity index is 332. The third-order valence-electron chi connectivity index (χ3n) is 2.88. The molecule has 1 rings (SSSR count). The maximum Gasteiger partial charge on any atom is 0.128 e. The normalized spacial score (nSPS) is 10.2. The van der Waals surface area contributed by atoms with E-state index in [4.69, 9.17) is 9.47 Å². The van der Waals surface area contributed by atoms with Crippen LogP contribution < -0.4 is 9.47 Å². The largest absolute Gasteiger partial charge is 0.496 e. The molecule has 1 aromatic rings. The predicted molar refractivity (Wildman–Crippen MR) is 67.5 cm³/mol. The molecule has 0 spiro atoms. The first-order valence-corrected chi connectivity index (χ1v) is 6.01. The fourth-order valence-electron chi connectivity index (χ4n) is 1.97. The summed E-state index contributed by atoms with van der Waals surface area (Å²) in [6.45, 7) is 4.34. The third kappa shape index (κ3) is 2.69. The van der Waals surface area contributed by atoms with Crippen molar-refractivity contribution in [3.8, 4) is 11.5 Å². The molecule has 0 saturated carbocycles. The zero-order valence-electron chi connectivity index (χ0n) is 10.8. The van der Waals surface area contributed by atoms with Gasteiger partial charge in [0.15, 0.2) is 0 Å². The molecule has 0 fully saturated rings. The molecule has 0 N–H and O–H groups in total. The van der Waals surface area contributed by atoms with Gasteiger partial charge in [0.1, 0.15) is 11.5 Å². The van der Waals surface area contributed by atoms with Crippen LogP contribution in [0.2, 0.25) is 0 Å². The lowest BCUT2D eigenvalue weighted by Crippen LogP contribution is -2.00. The quantitative estimate of drug-likeness (QED) is 0.732. The van der Waals surface area contributed by atoms with Crippen LogP contribution in [0.15, 0.2) is 12.1 Å². The van der Waals surface area contributed by atoms with Gasteiger partial charge in [0.2, 0.25) is 0 Å². The van der Waals surface area contributed by atoms with Crippen molar-refractivity contribution in [1.82, 2.24) is 0 Å². The van der Waals surface area contributed by atoms with E-state index < -0.39 is 0 Å². The molecule has 0 aliphatic carbocycles. The number of hydrogen-bond acceptors (Lipinski definition) is 2. The van der Waals surface area contributed by atoms with Crippen LogP contribution in [0.3, 0.4) is 0 Å². The van der Waals surface area contributed by atoms with E-state index in [1.54, 1.807) is 14.2 Å². The first-order chi connectivity index (χ1) is 7.78. The smallest absolute Gasteiger partial charge is 0.128 e. The fraction of sp³-hybridized carbons (Fsp3) is 0.571. The number of aryl methyl sites for hydroxylation is 1. The minimum Gasteiger partial charge on any atom is -0.496 e. The maximum atomic E-state index is 5.53. The van der Waals surface area contributed by atoms with Crippen molar-refractivity contribution in [2.75, 3.05) is 14.2 Å². The summed E-state index contributed by atoms with van der Waals surface area (Å²) in [5.74, 6) is 1.96. The van der Waals surface area contributed by atoms with Crippen molar-refractivity contribution < 1.29 is 9.47 Å². The average Bonchev–Trinajstić information content (AvgIpc) is 2.34. The molecule has 0 unspecified atom stereocenters. The molecular formula is C14H22O2. The molecule has 0 aliphatic rings. The third-order valence-corrected chi connectivity index (χ3v) is 2.88. The van der Waals surface area contributed by atoms with Crippen molar-refractivity contribution in [1.29, 1.82) is 0 Å². The van der Waals surface area contributed by atoms with Crippen LogP contribution in [0.5, 0.6) is 11.5 Å². The number of methoxy groups -OCH3 is 2. The van der Waals surface area contributed by atoms with Crippen LogP contribution in [-0.4, -0.2) is 14.2 Å². The molecule has 1 aromatic carbocycles. The zero-order valence-corrected chi connectivity index (χ0v) is 10.8. The molecular weight excluding hydrogens is 200 g/mol. The van der Waals surface area contributed by atoms with Crippen molar-refractivity contribution in [3.63, 3.8) is 0 Å². The summed E-state index contributed by atoms with van der Waals surface area (Å²) in [6, 6.07) is 4.14. The molecule has 90 valence electrons. The Morgan fingerprint density at radius 3 is 2.31 bits per heavy atom. The highest BCUT2D eigenvalue weighted by molar-refractivity contribution is 5.50. The minimum absolute atomic E-state index is 0.947. The molecule has 0 atom stereocenters. The number of unbranched alkanes of at least 4 members (excludes halogenated alkanes) is 1. The van der Waals surface area contributed by atoms with E-state index in [-0.39, 0.29) is 0 Å². The predicted octanol–water partition coefficient (Wildman–Crippen LogP) is 3.61. The highest BCUT2D eigenvalue weighted by atomic mass is 16.5. The van der Waals surface area contributed by atoms with Gasteiger partial charge in [-0.2, -0.15) is 0 Å². The minimum atomic E-state index is 0.947. The van der Waals surface area contributed by atoms with E-state index in [0.717, 1.165) is 24.3 Å². The van der Waals surface area contributed by atoms with Gasteiger partial charge in [0, 0.05) is 5.56 Å². The second-order valence-corrected chi connectivity index (χ2v) is 3.90. The molecule has 2 nitrogen and oxygen atoms in total. The molecule has 0 amide bonds. The number of benzene rings is 1. The first-order valence-electron chi connectivity index (χ1n) is 6.01. The zero-order chi connectivity index (χ0) is 12.0. The van der Waals surface area contributed by atoms with E-state index in [9.17, 15) is 0 Å². The molecule has 0 radical (unpaired) electrons. The van der Waals surface area contributed by atoms with Crippen LogP contribution in [0.4, 0.5) is 0 Å². The van der Waals surface area contributed by atoms with Crippen molar-refractivity contribution >= 4 is 0 Å². The van der Waals surface area contributed by atoms with Gasteiger partial charge >= 0.3 is 0 Å². The van der Waals surface area contributed by atoms with E-state index in [2.05, 4.69) is 19.9 Å². The highest BCUT2D eigenvalue weighted by Crippen LogP contribution is 2.33. The van der Waals surface area contributed by atoms with Gasteiger partial charge in [-0.15, -0.1) is 0 Å². The standard InChI is InChI=1S/C14H22O2/c1-5-7-8-12-13(15-3)10-9-11(6-2)14(12)16-4/h9-10H,5-8H2,1-4H3. The number of rotatable bonds is 6. The lowest BCUT2D eigenvalue weighted by Gasteiger charge is -2.16. The molecule has 0 bridgehead atoms. The number of ether oxygens (including phenoxy) is 2. The highest BCUT2D eigenvalue weighted by Gasteiger charge is 2.13. The van der Waals surface area contributed by atoms with Crippen LogP contribution in [0.1, 0.15) is 37.8 Å². The van der Waals surface area contributed by atoms with Crippen molar-refractivity contribution in [2.45, 2.75) is 39.5 Å². The van der Waals surface area contributed by atoms with Gasteiger partial charge < -0.3 is 9.47 Å². The summed E-state index contributed by atoms with van der Waals surface area (Å²) in [5, 5.41) is 0. The first kappa shape index (κ1) is 12.9. The Morgan fingerprint density at radius 2 is 1.81 bits per heavy atom. The van der Waals surface area contributed by atoms with Gasteiger partial charge in [-0.3, -0.25) is 0 Å². The Labute approximate surface area is 98.6 Å². The van der Waals surface area contributed by atoms with E-state index in [0.29, 0.717) is 0 Å². The van der Waals surface area contributed by atoms with Gasteiger partial charge in [-0.05, 0) is 30.9 Å². The van der Waals surface area contributed by atoms with Crippen molar-refractivity contribution in [2.24, 2.45) is 0 Å². The van der Waals surface area contributed by atoms with Gasteiger partial charge in [0.25, 0.3) is 0 Å². The Balaban J connectivity index is 3.14. The lowest BCUT2D eigenvalue weighted by molar-refractivity contribution is 0.381. The SMILES string of the molecule is CCCCc1c(OC)ccc(CC)c1OC. The molecule has 0 aliphatic heterocycles. The summed E-state index contributed by atoms with van der Waals surface area (Å²) in [7, 11) is 3.46. The lowest BCUT2D eigenvalue weighted by atomic mass is 10.0.